The lowest BCUT2D eigenvalue weighted by Gasteiger charge is -2.16. The summed E-state index contributed by atoms with van der Waals surface area (Å²) in [5.41, 5.74) is 1.07. The maximum absolute atomic E-state index is 11.9. The smallest absolute Gasteiger partial charge is 0.260 e. The highest BCUT2D eigenvalue weighted by Gasteiger charge is 2.24. The molecule has 1 amide bonds. The quantitative estimate of drug-likeness (QED) is 0.881. The van der Waals surface area contributed by atoms with Crippen LogP contribution in [0.15, 0.2) is 18.2 Å². The van der Waals surface area contributed by atoms with Crippen LogP contribution in [-0.2, 0) is 4.79 Å². The molecule has 0 aromatic heterocycles. The molecule has 0 bridgehead atoms. The Labute approximate surface area is 112 Å². The van der Waals surface area contributed by atoms with Gasteiger partial charge < -0.3 is 19.5 Å². The number of likely N-dealkylation sites (tertiary alicyclic amines) is 1. The molecule has 1 aliphatic rings. The predicted octanol–water partition coefficient (Wildman–Crippen LogP) is 0.976. The minimum Gasteiger partial charge on any atom is -0.493 e. The van der Waals surface area contributed by atoms with Crippen LogP contribution < -0.4 is 9.47 Å². The number of aliphatic hydroxyl groups is 1. The van der Waals surface area contributed by atoms with Crippen LogP contribution in [0.3, 0.4) is 0 Å². The van der Waals surface area contributed by atoms with Crippen molar-refractivity contribution in [3.63, 3.8) is 0 Å². The van der Waals surface area contributed by atoms with Crippen molar-refractivity contribution in [2.24, 2.45) is 0 Å². The number of rotatable bonds is 4. The SMILES string of the molecule is COc1cc(C)ccc1OCC(=O)N1CCC(O)C1. The number of nitrogens with zero attached hydrogens (tertiary/aromatic N) is 1. The lowest BCUT2D eigenvalue weighted by atomic mass is 10.2. The van der Waals surface area contributed by atoms with Gasteiger partial charge in [0, 0.05) is 13.1 Å². The van der Waals surface area contributed by atoms with Gasteiger partial charge in [0.15, 0.2) is 18.1 Å². The Bertz CT molecular complexity index is 461. The number of aryl methyl sites for hydroxylation is 1. The van der Waals surface area contributed by atoms with Crippen molar-refractivity contribution in [1.82, 2.24) is 4.90 Å². The molecule has 1 atom stereocenters. The first kappa shape index (κ1) is 13.7. The van der Waals surface area contributed by atoms with Gasteiger partial charge in [0.1, 0.15) is 0 Å². The van der Waals surface area contributed by atoms with Crippen LogP contribution in [0, 0.1) is 6.92 Å². The van der Waals surface area contributed by atoms with Crippen LogP contribution in [0.4, 0.5) is 0 Å². The van der Waals surface area contributed by atoms with Gasteiger partial charge in [0.25, 0.3) is 5.91 Å². The van der Waals surface area contributed by atoms with E-state index >= 15 is 0 Å². The number of ether oxygens (including phenoxy) is 2. The first-order chi connectivity index (χ1) is 9.10. The van der Waals surface area contributed by atoms with Gasteiger partial charge in [-0.15, -0.1) is 0 Å². The topological polar surface area (TPSA) is 59.0 Å². The summed E-state index contributed by atoms with van der Waals surface area (Å²) in [5, 5.41) is 9.39. The van der Waals surface area contributed by atoms with Gasteiger partial charge in [0.05, 0.1) is 13.2 Å². The molecule has 0 radical (unpaired) electrons. The van der Waals surface area contributed by atoms with E-state index in [0.717, 1.165) is 5.56 Å². The van der Waals surface area contributed by atoms with Crippen molar-refractivity contribution >= 4 is 5.91 Å². The number of benzene rings is 1. The Morgan fingerprint density at radius 2 is 2.26 bits per heavy atom. The second-order valence-electron chi connectivity index (χ2n) is 4.73. The molecule has 0 aliphatic carbocycles. The van der Waals surface area contributed by atoms with Gasteiger partial charge in [-0.2, -0.15) is 0 Å². The van der Waals surface area contributed by atoms with Crippen molar-refractivity contribution in [3.05, 3.63) is 23.8 Å². The van der Waals surface area contributed by atoms with Crippen molar-refractivity contribution in [2.75, 3.05) is 26.8 Å². The molecule has 1 fully saturated rings. The van der Waals surface area contributed by atoms with Crippen LogP contribution in [0.25, 0.3) is 0 Å². The summed E-state index contributed by atoms with van der Waals surface area (Å²) in [7, 11) is 1.57. The Morgan fingerprint density at radius 3 is 2.89 bits per heavy atom. The molecule has 19 heavy (non-hydrogen) atoms. The molecule has 2 rings (SSSR count). The highest BCUT2D eigenvalue weighted by Crippen LogP contribution is 2.27. The Morgan fingerprint density at radius 1 is 1.47 bits per heavy atom. The van der Waals surface area contributed by atoms with E-state index in [-0.39, 0.29) is 12.5 Å². The third-order valence-electron chi connectivity index (χ3n) is 3.19. The van der Waals surface area contributed by atoms with E-state index in [2.05, 4.69) is 0 Å². The lowest BCUT2D eigenvalue weighted by Crippen LogP contribution is -2.33. The highest BCUT2D eigenvalue weighted by molar-refractivity contribution is 5.78. The minimum absolute atomic E-state index is 0.0356. The Hall–Kier alpha value is -1.75. The summed E-state index contributed by atoms with van der Waals surface area (Å²) >= 11 is 0. The number of amides is 1. The van der Waals surface area contributed by atoms with Crippen molar-refractivity contribution in [3.8, 4) is 11.5 Å². The van der Waals surface area contributed by atoms with E-state index in [4.69, 9.17) is 9.47 Å². The zero-order chi connectivity index (χ0) is 13.8. The van der Waals surface area contributed by atoms with E-state index in [1.54, 1.807) is 18.1 Å². The van der Waals surface area contributed by atoms with Crippen molar-refractivity contribution in [1.29, 1.82) is 0 Å². The Kier molecular flexibility index (Phi) is 4.27. The zero-order valence-corrected chi connectivity index (χ0v) is 11.3. The predicted molar refractivity (Wildman–Crippen MR) is 70.4 cm³/mol. The summed E-state index contributed by atoms with van der Waals surface area (Å²) in [5.74, 6) is 1.06. The van der Waals surface area contributed by atoms with Crippen molar-refractivity contribution < 1.29 is 19.4 Å². The molecule has 1 unspecified atom stereocenters. The second-order valence-corrected chi connectivity index (χ2v) is 4.73. The molecule has 5 nitrogen and oxygen atoms in total. The van der Waals surface area contributed by atoms with E-state index in [1.807, 2.05) is 19.1 Å². The maximum atomic E-state index is 11.9. The number of aliphatic hydroxyl groups excluding tert-OH is 1. The van der Waals surface area contributed by atoms with Gasteiger partial charge >= 0.3 is 0 Å². The third-order valence-corrected chi connectivity index (χ3v) is 3.19. The van der Waals surface area contributed by atoms with Crippen LogP contribution in [0.1, 0.15) is 12.0 Å². The molecule has 5 heteroatoms. The first-order valence-electron chi connectivity index (χ1n) is 6.33. The molecule has 1 N–H and O–H groups in total. The van der Waals surface area contributed by atoms with Crippen molar-refractivity contribution in [2.45, 2.75) is 19.4 Å². The fourth-order valence-electron chi connectivity index (χ4n) is 2.09. The van der Waals surface area contributed by atoms with E-state index in [9.17, 15) is 9.90 Å². The molecule has 1 saturated heterocycles. The largest absolute Gasteiger partial charge is 0.493 e. The number of carbonyl (C=O) groups is 1. The Balaban J connectivity index is 1.93. The monoisotopic (exact) mass is 265 g/mol. The number of hydrogen-bond donors (Lipinski definition) is 1. The van der Waals surface area contributed by atoms with Gasteiger partial charge in [-0.25, -0.2) is 0 Å². The van der Waals surface area contributed by atoms with Crippen LogP contribution in [-0.4, -0.2) is 48.8 Å². The van der Waals surface area contributed by atoms with Gasteiger partial charge in [0.2, 0.25) is 0 Å². The number of methoxy groups -OCH3 is 1. The zero-order valence-electron chi connectivity index (χ0n) is 11.3. The highest BCUT2D eigenvalue weighted by atomic mass is 16.5. The molecule has 1 heterocycles. The van der Waals surface area contributed by atoms with Crippen LogP contribution in [0.2, 0.25) is 0 Å². The van der Waals surface area contributed by atoms with E-state index in [1.165, 1.54) is 0 Å². The molecule has 0 spiro atoms. The van der Waals surface area contributed by atoms with Gasteiger partial charge in [-0.3, -0.25) is 4.79 Å². The molecule has 104 valence electrons. The molecule has 0 saturated carbocycles. The fourth-order valence-corrected chi connectivity index (χ4v) is 2.09. The second kappa shape index (κ2) is 5.93. The lowest BCUT2D eigenvalue weighted by molar-refractivity contribution is -0.132. The van der Waals surface area contributed by atoms with Gasteiger partial charge in [-0.1, -0.05) is 6.07 Å². The summed E-state index contributed by atoms with van der Waals surface area (Å²) < 4.78 is 10.7. The summed E-state index contributed by atoms with van der Waals surface area (Å²) in [6.45, 7) is 2.91. The molecule has 1 aromatic rings. The molecule has 1 aromatic carbocycles. The normalized spacial score (nSPS) is 18.5. The maximum Gasteiger partial charge on any atom is 0.260 e. The summed E-state index contributed by atoms with van der Waals surface area (Å²) in [4.78, 5) is 13.5. The third kappa shape index (κ3) is 3.38. The number of hydrogen-bond acceptors (Lipinski definition) is 4. The standard InChI is InChI=1S/C14H19NO4/c1-10-3-4-12(13(7-10)18-2)19-9-14(17)15-6-5-11(16)8-15/h3-4,7,11,16H,5-6,8-9H2,1-2H3. The summed E-state index contributed by atoms with van der Waals surface area (Å²) in [6.07, 6.45) is 0.234. The molecular formula is C14H19NO4. The van der Waals surface area contributed by atoms with Gasteiger partial charge in [-0.05, 0) is 31.0 Å². The first-order valence-corrected chi connectivity index (χ1v) is 6.33. The average molecular weight is 265 g/mol. The summed E-state index contributed by atoms with van der Waals surface area (Å²) in [6, 6.07) is 5.56. The average Bonchev–Trinajstić information content (AvgIpc) is 2.83. The van der Waals surface area contributed by atoms with Crippen LogP contribution in [0.5, 0.6) is 11.5 Å². The van der Waals surface area contributed by atoms with E-state index in [0.29, 0.717) is 31.0 Å². The fraction of sp³-hybridized carbons (Fsp3) is 0.500. The minimum atomic E-state index is -0.405. The molecule has 1 aliphatic heterocycles. The molecular weight excluding hydrogens is 246 g/mol. The number of β-amino-alcohol motifs (C(OH)–C–C–N with tert-alkyl or cyclic N) is 1. The van der Waals surface area contributed by atoms with Crippen LogP contribution >= 0.6 is 0 Å². The number of carbonyl (C=O) groups excluding carboxylic acids is 1. The van der Waals surface area contributed by atoms with E-state index < -0.39 is 6.10 Å².